The molecule has 0 saturated heterocycles. The molecule has 3 aromatic rings. The first-order valence-corrected chi connectivity index (χ1v) is 12.1. The lowest BCUT2D eigenvalue weighted by Crippen LogP contribution is -2.42. The molecule has 200 valence electrons. The van der Waals surface area contributed by atoms with Crippen LogP contribution in [0.15, 0.2) is 52.1 Å². The normalized spacial score (nSPS) is 11.6. The van der Waals surface area contributed by atoms with Crippen LogP contribution in [0.25, 0.3) is 5.69 Å². The van der Waals surface area contributed by atoms with Crippen molar-refractivity contribution in [3.63, 3.8) is 0 Å². The summed E-state index contributed by atoms with van der Waals surface area (Å²) in [5, 5.41) is 9.59. The second kappa shape index (κ2) is 10.1. The van der Waals surface area contributed by atoms with Gasteiger partial charge in [-0.1, -0.05) is 12.1 Å². The maximum Gasteiger partial charge on any atom is 0.431 e. The Morgan fingerprint density at radius 1 is 1.16 bits per heavy atom. The van der Waals surface area contributed by atoms with Crippen LogP contribution in [0.5, 0.6) is 5.75 Å². The van der Waals surface area contributed by atoms with E-state index in [0.29, 0.717) is 19.2 Å². The van der Waals surface area contributed by atoms with E-state index >= 15 is 4.39 Å². The minimum Gasteiger partial charge on any atom is -0.496 e. The van der Waals surface area contributed by atoms with Gasteiger partial charge in [0.15, 0.2) is 0 Å². The summed E-state index contributed by atoms with van der Waals surface area (Å²) in [5.74, 6) is -3.34. The van der Waals surface area contributed by atoms with Crippen LogP contribution in [0, 0.1) is 17.1 Å². The molecule has 15 heteroatoms. The first-order chi connectivity index (χ1) is 17.7. The Morgan fingerprint density at radius 2 is 1.79 bits per heavy atom. The number of halogens is 4. The van der Waals surface area contributed by atoms with Gasteiger partial charge in [0.25, 0.3) is 11.5 Å². The topological polar surface area (TPSA) is 131 Å². The lowest BCUT2D eigenvalue weighted by atomic mass is 10.1. The molecule has 0 aliphatic carbocycles. The van der Waals surface area contributed by atoms with Crippen LogP contribution in [-0.2, 0) is 23.2 Å². The SMILES string of the molecule is CCS(=O)(=O)N(C(=O)c1ccccc1OC)c1cc(-n2c(=O)cc(C(F)(F)F)n(C)c2=O)c(F)cc1C#N. The highest BCUT2D eigenvalue weighted by Crippen LogP contribution is 2.32. The number of alkyl halides is 3. The zero-order valence-electron chi connectivity index (χ0n) is 19.9. The molecular weight excluding hydrogens is 536 g/mol. The van der Waals surface area contributed by atoms with Gasteiger partial charge in [-0.3, -0.25) is 14.2 Å². The highest BCUT2D eigenvalue weighted by atomic mass is 32.2. The molecular formula is C23H18F4N4O6S. The van der Waals surface area contributed by atoms with Crippen molar-refractivity contribution in [2.45, 2.75) is 13.1 Å². The number of carbonyl (C=O) groups is 1. The highest BCUT2D eigenvalue weighted by Gasteiger charge is 2.36. The van der Waals surface area contributed by atoms with E-state index in [-0.39, 0.29) is 30.8 Å². The molecule has 3 rings (SSSR count). The fourth-order valence-corrected chi connectivity index (χ4v) is 4.60. The van der Waals surface area contributed by atoms with Crippen molar-refractivity contribution in [3.05, 3.63) is 85.9 Å². The van der Waals surface area contributed by atoms with E-state index in [1.807, 2.05) is 0 Å². The second-order valence-electron chi connectivity index (χ2n) is 7.65. The number of hydrogen-bond acceptors (Lipinski definition) is 7. The maximum absolute atomic E-state index is 15.1. The molecule has 0 bridgehead atoms. The predicted molar refractivity (Wildman–Crippen MR) is 126 cm³/mol. The minimum absolute atomic E-state index is 0.0273. The summed E-state index contributed by atoms with van der Waals surface area (Å²) >= 11 is 0. The number of anilines is 1. The quantitative estimate of drug-likeness (QED) is 0.428. The third-order valence-electron chi connectivity index (χ3n) is 5.42. The number of nitrogens with zero attached hydrogens (tertiary/aromatic N) is 4. The van der Waals surface area contributed by atoms with Crippen molar-refractivity contribution in [1.82, 2.24) is 9.13 Å². The lowest BCUT2D eigenvalue weighted by molar-refractivity contribution is -0.144. The number of amides is 1. The van der Waals surface area contributed by atoms with Gasteiger partial charge in [-0.15, -0.1) is 0 Å². The average molecular weight is 554 g/mol. The Hall–Kier alpha value is -4.45. The minimum atomic E-state index is -5.09. The summed E-state index contributed by atoms with van der Waals surface area (Å²) < 4.78 is 86.3. The molecule has 0 radical (unpaired) electrons. The van der Waals surface area contributed by atoms with E-state index < -0.39 is 67.6 Å². The van der Waals surface area contributed by atoms with Gasteiger partial charge < -0.3 is 4.74 Å². The Bertz CT molecular complexity index is 1700. The molecule has 0 N–H and O–H groups in total. The first-order valence-electron chi connectivity index (χ1n) is 10.5. The third-order valence-corrected chi connectivity index (χ3v) is 7.07. The molecule has 1 heterocycles. The van der Waals surface area contributed by atoms with Crippen molar-refractivity contribution < 1.29 is 35.5 Å². The van der Waals surface area contributed by atoms with E-state index in [1.54, 1.807) is 6.07 Å². The van der Waals surface area contributed by atoms with E-state index in [2.05, 4.69) is 0 Å². The van der Waals surface area contributed by atoms with Crippen molar-refractivity contribution in [3.8, 4) is 17.5 Å². The highest BCUT2D eigenvalue weighted by molar-refractivity contribution is 7.93. The standard InChI is InChI=1S/C23H18F4N4O6S/c1-4-38(35,36)31(21(33)14-7-5-6-8-18(14)37-3)16-10-17(15(24)9-13(16)12-28)30-20(32)11-19(23(25,26)27)29(2)22(30)34/h5-11H,4H2,1-3H3. The van der Waals surface area contributed by atoms with Crippen molar-refractivity contribution >= 4 is 21.6 Å². The van der Waals surface area contributed by atoms with Crippen molar-refractivity contribution in [2.75, 3.05) is 17.2 Å². The fourth-order valence-electron chi connectivity index (χ4n) is 3.54. The molecule has 38 heavy (non-hydrogen) atoms. The Morgan fingerprint density at radius 3 is 2.34 bits per heavy atom. The Kier molecular flexibility index (Phi) is 7.50. The van der Waals surface area contributed by atoms with Gasteiger partial charge >= 0.3 is 11.9 Å². The fraction of sp³-hybridized carbons (Fsp3) is 0.217. The number of nitriles is 1. The Labute approximate surface area is 212 Å². The molecule has 0 unspecified atom stereocenters. The van der Waals surface area contributed by atoms with Crippen LogP contribution in [0.2, 0.25) is 0 Å². The molecule has 1 aromatic heterocycles. The molecule has 0 aliphatic heterocycles. The predicted octanol–water partition coefficient (Wildman–Crippen LogP) is 2.57. The summed E-state index contributed by atoms with van der Waals surface area (Å²) in [6.45, 7) is 1.18. The number of rotatable bonds is 6. The monoisotopic (exact) mass is 554 g/mol. The molecule has 2 aromatic carbocycles. The first kappa shape index (κ1) is 28.1. The third kappa shape index (κ3) is 4.90. The molecule has 0 fully saturated rings. The number of ether oxygens (including phenoxy) is 1. The van der Waals surface area contributed by atoms with E-state index in [1.165, 1.54) is 38.3 Å². The van der Waals surface area contributed by atoms with Crippen LogP contribution in [0.4, 0.5) is 23.2 Å². The largest absolute Gasteiger partial charge is 0.496 e. The number of carbonyl (C=O) groups excluding carboxylic acids is 1. The van der Waals surface area contributed by atoms with Crippen LogP contribution in [0.3, 0.4) is 0 Å². The average Bonchev–Trinajstić information content (AvgIpc) is 2.86. The van der Waals surface area contributed by atoms with Gasteiger partial charge in [-0.25, -0.2) is 26.5 Å². The summed E-state index contributed by atoms with van der Waals surface area (Å²) in [6, 6.07) is 8.11. The van der Waals surface area contributed by atoms with Crippen LogP contribution in [-0.4, -0.2) is 36.3 Å². The molecule has 0 atom stereocenters. The van der Waals surface area contributed by atoms with E-state index in [9.17, 15) is 41.2 Å². The number of benzene rings is 2. The van der Waals surface area contributed by atoms with Crippen molar-refractivity contribution in [1.29, 1.82) is 5.26 Å². The number of hydrogen-bond donors (Lipinski definition) is 0. The second-order valence-corrected chi connectivity index (χ2v) is 9.75. The summed E-state index contributed by atoms with van der Waals surface area (Å²) in [7, 11) is -2.64. The maximum atomic E-state index is 15.1. The van der Waals surface area contributed by atoms with Crippen molar-refractivity contribution in [2.24, 2.45) is 7.05 Å². The Balaban J connectivity index is 2.41. The summed E-state index contributed by atoms with van der Waals surface area (Å²) in [4.78, 5) is 38.7. The number of para-hydroxylation sites is 1. The number of methoxy groups -OCH3 is 1. The molecule has 0 saturated carbocycles. The van der Waals surface area contributed by atoms with E-state index in [0.717, 1.165) is 0 Å². The van der Waals surface area contributed by atoms with Gasteiger partial charge in [-0.2, -0.15) is 18.4 Å². The van der Waals surface area contributed by atoms with Gasteiger partial charge in [-0.05, 0) is 31.2 Å². The zero-order valence-corrected chi connectivity index (χ0v) is 20.7. The molecule has 0 aliphatic rings. The van der Waals surface area contributed by atoms with Gasteiger partial charge in [0.05, 0.1) is 35.4 Å². The van der Waals surface area contributed by atoms with Crippen LogP contribution < -0.4 is 20.3 Å². The van der Waals surface area contributed by atoms with Crippen LogP contribution in [0.1, 0.15) is 28.5 Å². The number of aromatic nitrogens is 2. The zero-order chi connectivity index (χ0) is 28.6. The van der Waals surface area contributed by atoms with Gasteiger partial charge in [0.2, 0.25) is 10.0 Å². The van der Waals surface area contributed by atoms with Gasteiger partial charge in [0.1, 0.15) is 23.3 Å². The molecule has 10 nitrogen and oxygen atoms in total. The molecule has 1 amide bonds. The summed E-state index contributed by atoms with van der Waals surface area (Å²) in [5.41, 5.74) is -7.47. The lowest BCUT2D eigenvalue weighted by Gasteiger charge is -2.24. The smallest absolute Gasteiger partial charge is 0.431 e. The van der Waals surface area contributed by atoms with Gasteiger partial charge in [0, 0.05) is 13.1 Å². The molecule has 0 spiro atoms. The number of sulfonamides is 1. The van der Waals surface area contributed by atoms with E-state index in [4.69, 9.17) is 4.74 Å². The van der Waals surface area contributed by atoms with Crippen LogP contribution >= 0.6 is 0 Å². The summed E-state index contributed by atoms with van der Waals surface area (Å²) in [6.07, 6.45) is -5.09.